The lowest BCUT2D eigenvalue weighted by molar-refractivity contribution is 0.0947. The average molecular weight is 295 g/mol. The maximum absolute atomic E-state index is 11.6. The van der Waals surface area contributed by atoms with Crippen LogP contribution < -0.4 is 5.32 Å². The third kappa shape index (κ3) is 4.67. The van der Waals surface area contributed by atoms with E-state index in [1.165, 1.54) is 12.3 Å². The van der Waals surface area contributed by atoms with Crippen LogP contribution in [0.25, 0.3) is 0 Å². The van der Waals surface area contributed by atoms with Gasteiger partial charge >= 0.3 is 0 Å². The van der Waals surface area contributed by atoms with E-state index >= 15 is 0 Å². The van der Waals surface area contributed by atoms with E-state index in [9.17, 15) is 13.2 Å². The van der Waals surface area contributed by atoms with Gasteiger partial charge in [-0.2, -0.15) is 0 Å². The largest absolute Gasteiger partial charge is 0.385 e. The van der Waals surface area contributed by atoms with Gasteiger partial charge in [-0.05, 0) is 18.9 Å². The third-order valence-corrected chi connectivity index (χ3v) is 3.58. The van der Waals surface area contributed by atoms with Gasteiger partial charge in [-0.15, -0.1) is 0 Å². The number of nitrogens with one attached hydrogen (secondary N) is 2. The topological polar surface area (TPSA) is 88.3 Å². The minimum absolute atomic E-state index is 0.117. The first-order chi connectivity index (χ1) is 8.45. The number of carbonyl (C=O) groups excluding carboxylic acids is 1. The number of aromatic amines is 1. The lowest BCUT2D eigenvalue weighted by Gasteiger charge is -2.02. The molecule has 0 aliphatic rings. The normalized spacial score (nSPS) is 11.4. The zero-order chi connectivity index (χ0) is 13.6. The van der Waals surface area contributed by atoms with E-state index in [-0.39, 0.29) is 16.5 Å². The Hall–Kier alpha value is -1.05. The van der Waals surface area contributed by atoms with E-state index in [1.54, 1.807) is 7.11 Å². The number of carbonyl (C=O) groups is 1. The molecular weight excluding hydrogens is 280 g/mol. The van der Waals surface area contributed by atoms with Crippen LogP contribution >= 0.6 is 10.7 Å². The van der Waals surface area contributed by atoms with Gasteiger partial charge in [0.25, 0.3) is 15.0 Å². The first kappa shape index (κ1) is 15.0. The molecule has 1 amide bonds. The Bertz CT molecular complexity index is 498. The molecule has 102 valence electrons. The van der Waals surface area contributed by atoms with Crippen molar-refractivity contribution in [3.8, 4) is 0 Å². The highest BCUT2D eigenvalue weighted by atomic mass is 35.7. The summed E-state index contributed by atoms with van der Waals surface area (Å²) in [6, 6.07) is 1.20. The number of unbranched alkanes of at least 4 members (excludes halogenated alkanes) is 1. The molecule has 0 saturated carbocycles. The van der Waals surface area contributed by atoms with E-state index in [0.29, 0.717) is 13.2 Å². The van der Waals surface area contributed by atoms with Crippen molar-refractivity contribution in [3.63, 3.8) is 0 Å². The highest BCUT2D eigenvalue weighted by Gasteiger charge is 2.15. The van der Waals surface area contributed by atoms with Gasteiger partial charge in [0.2, 0.25) is 0 Å². The predicted molar refractivity (Wildman–Crippen MR) is 67.3 cm³/mol. The lowest BCUT2D eigenvalue weighted by Crippen LogP contribution is -2.24. The molecule has 0 saturated heterocycles. The van der Waals surface area contributed by atoms with E-state index in [2.05, 4.69) is 10.3 Å². The van der Waals surface area contributed by atoms with Gasteiger partial charge < -0.3 is 15.0 Å². The van der Waals surface area contributed by atoms with E-state index in [4.69, 9.17) is 15.4 Å². The number of ether oxygens (including phenoxy) is 1. The van der Waals surface area contributed by atoms with Crippen molar-refractivity contribution >= 4 is 25.6 Å². The Morgan fingerprint density at radius 1 is 1.50 bits per heavy atom. The lowest BCUT2D eigenvalue weighted by atomic mass is 10.3. The Morgan fingerprint density at radius 2 is 2.22 bits per heavy atom. The van der Waals surface area contributed by atoms with Crippen molar-refractivity contribution in [2.24, 2.45) is 0 Å². The van der Waals surface area contributed by atoms with Crippen LogP contribution in [0.15, 0.2) is 17.2 Å². The molecule has 1 rings (SSSR count). The van der Waals surface area contributed by atoms with Crippen molar-refractivity contribution in [1.29, 1.82) is 0 Å². The van der Waals surface area contributed by atoms with Crippen LogP contribution in [0.2, 0.25) is 0 Å². The molecule has 1 aromatic heterocycles. The number of methoxy groups -OCH3 is 1. The molecule has 0 fully saturated rings. The molecule has 18 heavy (non-hydrogen) atoms. The maximum atomic E-state index is 11.6. The molecule has 0 aromatic carbocycles. The number of hydrogen-bond donors (Lipinski definition) is 2. The zero-order valence-corrected chi connectivity index (χ0v) is 11.5. The average Bonchev–Trinajstić information content (AvgIpc) is 2.77. The molecule has 0 unspecified atom stereocenters. The summed E-state index contributed by atoms with van der Waals surface area (Å²) in [5.41, 5.74) is 0.168. The first-order valence-corrected chi connectivity index (χ1v) is 7.66. The minimum Gasteiger partial charge on any atom is -0.385 e. The van der Waals surface area contributed by atoms with Crippen LogP contribution in [-0.2, 0) is 13.8 Å². The van der Waals surface area contributed by atoms with Crippen molar-refractivity contribution in [1.82, 2.24) is 10.3 Å². The van der Waals surface area contributed by atoms with Crippen molar-refractivity contribution < 1.29 is 17.9 Å². The van der Waals surface area contributed by atoms with Crippen molar-refractivity contribution in [3.05, 3.63) is 18.0 Å². The maximum Gasteiger partial charge on any atom is 0.267 e. The molecule has 0 spiro atoms. The van der Waals surface area contributed by atoms with Crippen LogP contribution in [0.5, 0.6) is 0 Å². The van der Waals surface area contributed by atoms with Crippen molar-refractivity contribution in [2.75, 3.05) is 20.3 Å². The summed E-state index contributed by atoms with van der Waals surface area (Å²) in [6.07, 6.45) is 2.83. The molecular formula is C10H15ClN2O4S. The molecule has 0 bridgehead atoms. The summed E-state index contributed by atoms with van der Waals surface area (Å²) >= 11 is 0. The fourth-order valence-corrected chi connectivity index (χ4v) is 2.04. The van der Waals surface area contributed by atoms with Gasteiger partial charge in [0.05, 0.1) is 0 Å². The number of halogens is 1. The molecule has 0 atom stereocenters. The number of hydrogen-bond acceptors (Lipinski definition) is 4. The van der Waals surface area contributed by atoms with Gasteiger partial charge in [0, 0.05) is 37.1 Å². The highest BCUT2D eigenvalue weighted by molar-refractivity contribution is 8.13. The molecule has 0 aliphatic heterocycles. The van der Waals surface area contributed by atoms with Gasteiger partial charge in [0.15, 0.2) is 0 Å². The standard InChI is InChI=1S/C10H15ClN2O4S/c1-17-5-3-2-4-12-10(14)9-6-8(7-13-9)18(11,15)16/h6-7,13H,2-5H2,1H3,(H,12,14). The van der Waals surface area contributed by atoms with Crippen LogP contribution in [0.4, 0.5) is 0 Å². The summed E-state index contributed by atoms with van der Waals surface area (Å²) in [6.45, 7) is 1.15. The molecule has 6 nitrogen and oxygen atoms in total. The third-order valence-electron chi connectivity index (χ3n) is 2.24. The predicted octanol–water partition coefficient (Wildman–Crippen LogP) is 1.10. The number of aromatic nitrogens is 1. The second kappa shape index (κ2) is 6.77. The van der Waals surface area contributed by atoms with Crippen molar-refractivity contribution in [2.45, 2.75) is 17.7 Å². The van der Waals surface area contributed by atoms with E-state index in [1.807, 2.05) is 0 Å². The number of amides is 1. The number of H-pyrrole nitrogens is 1. The molecule has 2 N–H and O–H groups in total. The van der Waals surface area contributed by atoms with Crippen LogP contribution in [-0.4, -0.2) is 39.6 Å². The molecule has 0 aliphatic carbocycles. The Labute approximate surface area is 110 Å². The van der Waals surface area contributed by atoms with Gasteiger partial charge in [-0.1, -0.05) is 0 Å². The summed E-state index contributed by atoms with van der Waals surface area (Å²) in [7, 11) is 2.96. The molecule has 1 heterocycles. The summed E-state index contributed by atoms with van der Waals surface area (Å²) < 4.78 is 26.9. The summed E-state index contributed by atoms with van der Waals surface area (Å²) in [5.74, 6) is -0.362. The second-order valence-electron chi connectivity index (χ2n) is 3.64. The summed E-state index contributed by atoms with van der Waals surface area (Å²) in [5, 5.41) is 2.66. The first-order valence-electron chi connectivity index (χ1n) is 5.35. The Kier molecular flexibility index (Phi) is 5.64. The smallest absolute Gasteiger partial charge is 0.267 e. The minimum atomic E-state index is -3.80. The van der Waals surface area contributed by atoms with Gasteiger partial charge in [-0.3, -0.25) is 4.79 Å². The van der Waals surface area contributed by atoms with Gasteiger partial charge in [0.1, 0.15) is 10.6 Å². The Balaban J connectivity index is 2.45. The fourth-order valence-electron chi connectivity index (χ4n) is 1.31. The SMILES string of the molecule is COCCCCNC(=O)c1cc(S(=O)(=O)Cl)c[nH]1. The quantitative estimate of drug-likeness (QED) is 0.582. The molecule has 1 aromatic rings. The Morgan fingerprint density at radius 3 is 2.78 bits per heavy atom. The number of rotatable bonds is 7. The van der Waals surface area contributed by atoms with Crippen LogP contribution in [0, 0.1) is 0 Å². The zero-order valence-electron chi connectivity index (χ0n) is 9.90. The molecule has 8 heteroatoms. The van der Waals surface area contributed by atoms with E-state index in [0.717, 1.165) is 12.8 Å². The van der Waals surface area contributed by atoms with Crippen LogP contribution in [0.3, 0.4) is 0 Å². The monoisotopic (exact) mass is 294 g/mol. The highest BCUT2D eigenvalue weighted by Crippen LogP contribution is 2.15. The summed E-state index contributed by atoms with van der Waals surface area (Å²) in [4.78, 5) is 14.1. The van der Waals surface area contributed by atoms with Crippen LogP contribution in [0.1, 0.15) is 23.3 Å². The van der Waals surface area contributed by atoms with Gasteiger partial charge in [-0.25, -0.2) is 8.42 Å². The second-order valence-corrected chi connectivity index (χ2v) is 6.21. The molecule has 0 radical (unpaired) electrons. The fraction of sp³-hybridized carbons (Fsp3) is 0.500. The van der Waals surface area contributed by atoms with E-state index < -0.39 is 9.05 Å².